The van der Waals surface area contributed by atoms with Crippen molar-refractivity contribution >= 4 is 0 Å². The fourth-order valence-electron chi connectivity index (χ4n) is 6.16. The van der Waals surface area contributed by atoms with Crippen LogP contribution >= 0.6 is 0 Å². The van der Waals surface area contributed by atoms with Gasteiger partial charge in [0, 0.05) is 5.56 Å². The van der Waals surface area contributed by atoms with Gasteiger partial charge in [-0.2, -0.15) is 4.89 Å². The van der Waals surface area contributed by atoms with Crippen LogP contribution in [0, 0.1) is 23.7 Å². The van der Waals surface area contributed by atoms with Gasteiger partial charge in [0.05, 0.1) is 6.61 Å². The Labute approximate surface area is 140 Å². The van der Waals surface area contributed by atoms with Gasteiger partial charge < -0.3 is 9.84 Å². The van der Waals surface area contributed by atoms with Crippen molar-refractivity contribution in [2.75, 3.05) is 13.3 Å². The number of ether oxygens (including phenoxy) is 1. The number of phenolic OH excluding ortho intramolecular Hbond substituents is 1. The topological polar surface area (TPSA) is 47.9 Å². The van der Waals surface area contributed by atoms with E-state index in [2.05, 4.69) is 0 Å². The molecule has 1 atom stereocenters. The summed E-state index contributed by atoms with van der Waals surface area (Å²) < 4.78 is 18.9. The third-order valence-corrected chi connectivity index (χ3v) is 6.77. The molecule has 1 spiro atoms. The molecule has 4 nitrogen and oxygen atoms in total. The maximum Gasteiger partial charge on any atom is 0.261 e. The Bertz CT molecular complexity index is 620. The quantitative estimate of drug-likeness (QED) is 0.853. The van der Waals surface area contributed by atoms with Crippen molar-refractivity contribution in [2.24, 2.45) is 23.7 Å². The molecular weight excluding hydrogens is 311 g/mol. The van der Waals surface area contributed by atoms with Crippen molar-refractivity contribution in [1.29, 1.82) is 0 Å². The fourth-order valence-corrected chi connectivity index (χ4v) is 6.16. The van der Waals surface area contributed by atoms with E-state index >= 15 is 0 Å². The second-order valence-corrected chi connectivity index (χ2v) is 7.97. The highest BCUT2D eigenvalue weighted by Gasteiger charge is 2.76. The maximum absolute atomic E-state index is 12.9. The molecule has 4 aliphatic carbocycles. The van der Waals surface area contributed by atoms with Gasteiger partial charge in [0.2, 0.25) is 0 Å². The Morgan fingerprint density at radius 3 is 2.33 bits per heavy atom. The van der Waals surface area contributed by atoms with Crippen LogP contribution in [0.15, 0.2) is 24.3 Å². The Balaban J connectivity index is 1.60. The van der Waals surface area contributed by atoms with Crippen LogP contribution < -0.4 is 0 Å². The zero-order valence-electron chi connectivity index (χ0n) is 13.6. The number of alkyl halides is 1. The summed E-state index contributed by atoms with van der Waals surface area (Å²) in [6.07, 6.45) is 5.88. The highest BCUT2D eigenvalue weighted by molar-refractivity contribution is 5.35. The number of hydrogen-bond donors (Lipinski definition) is 1. The number of rotatable bonds is 4. The molecule has 5 fully saturated rings. The molecule has 5 heteroatoms. The smallest absolute Gasteiger partial charge is 0.261 e. The zero-order valence-corrected chi connectivity index (χ0v) is 13.6. The molecule has 1 aliphatic heterocycles. The number of aromatic hydroxyl groups is 1. The first-order valence-electron chi connectivity index (χ1n) is 9.04. The minimum absolute atomic E-state index is 0.0347. The van der Waals surface area contributed by atoms with Crippen LogP contribution in [-0.4, -0.2) is 24.0 Å². The van der Waals surface area contributed by atoms with Gasteiger partial charge in [0.25, 0.3) is 5.79 Å². The van der Waals surface area contributed by atoms with Gasteiger partial charge in [-0.1, -0.05) is 12.1 Å². The first kappa shape index (κ1) is 15.1. The van der Waals surface area contributed by atoms with E-state index in [0.717, 1.165) is 43.1 Å². The van der Waals surface area contributed by atoms with Gasteiger partial charge >= 0.3 is 0 Å². The standard InChI is InChI=1S/C19H23FO4/c20-4-5-22-19(14-2-1-3-17(21)11-14)18(23-24-19)15-7-12-6-13(9-15)10-16(18)8-12/h1-3,11-13,15-16,21H,4-10H2. The van der Waals surface area contributed by atoms with Crippen molar-refractivity contribution in [3.8, 4) is 5.75 Å². The maximum atomic E-state index is 12.9. The third kappa shape index (κ3) is 1.78. The first-order chi connectivity index (χ1) is 11.7. The summed E-state index contributed by atoms with van der Waals surface area (Å²) in [4.78, 5) is 11.5. The van der Waals surface area contributed by atoms with E-state index in [1.807, 2.05) is 6.07 Å². The molecular formula is C19H23FO4. The minimum Gasteiger partial charge on any atom is -0.508 e. The average Bonchev–Trinajstić information content (AvgIpc) is 2.54. The Kier molecular flexibility index (Phi) is 3.25. The lowest BCUT2D eigenvalue weighted by Gasteiger charge is -2.68. The highest BCUT2D eigenvalue weighted by Crippen LogP contribution is 2.69. The highest BCUT2D eigenvalue weighted by atomic mass is 19.1. The molecule has 1 saturated heterocycles. The molecule has 0 amide bonds. The van der Waals surface area contributed by atoms with Crippen molar-refractivity contribution in [2.45, 2.75) is 43.5 Å². The largest absolute Gasteiger partial charge is 0.508 e. The monoisotopic (exact) mass is 334 g/mol. The Morgan fingerprint density at radius 2 is 1.79 bits per heavy atom. The lowest BCUT2D eigenvalue weighted by Crippen LogP contribution is -2.76. The van der Waals surface area contributed by atoms with Crippen molar-refractivity contribution in [3.05, 3.63) is 29.8 Å². The lowest BCUT2D eigenvalue weighted by atomic mass is 9.47. The minimum atomic E-state index is -1.10. The normalized spacial score (nSPS) is 45.5. The van der Waals surface area contributed by atoms with Gasteiger partial charge in [-0.25, -0.2) is 9.28 Å². The van der Waals surface area contributed by atoms with Crippen molar-refractivity contribution < 1.29 is 24.0 Å². The molecule has 24 heavy (non-hydrogen) atoms. The Morgan fingerprint density at radius 1 is 1.08 bits per heavy atom. The van der Waals surface area contributed by atoms with Crippen LogP contribution in [-0.2, 0) is 20.3 Å². The molecule has 1 aromatic rings. The average molecular weight is 334 g/mol. The molecule has 5 aliphatic rings. The second kappa shape index (κ2) is 5.16. The predicted octanol–water partition coefficient (Wildman–Crippen LogP) is 3.69. The number of halogens is 1. The van der Waals surface area contributed by atoms with E-state index in [0.29, 0.717) is 11.8 Å². The van der Waals surface area contributed by atoms with Crippen LogP contribution in [0.4, 0.5) is 4.39 Å². The first-order valence-corrected chi connectivity index (χ1v) is 9.04. The second-order valence-electron chi connectivity index (χ2n) is 7.97. The van der Waals surface area contributed by atoms with Crippen LogP contribution in [0.1, 0.15) is 37.7 Å². The van der Waals surface area contributed by atoms with Gasteiger partial charge in [-0.15, -0.1) is 0 Å². The van der Waals surface area contributed by atoms with E-state index in [1.165, 1.54) is 6.42 Å². The summed E-state index contributed by atoms with van der Waals surface area (Å²) in [6, 6.07) is 6.94. The molecule has 1 N–H and O–H groups in total. The van der Waals surface area contributed by atoms with E-state index in [-0.39, 0.29) is 12.4 Å². The summed E-state index contributed by atoms with van der Waals surface area (Å²) in [5.74, 6) is 1.38. The molecule has 0 radical (unpaired) electrons. The molecule has 4 saturated carbocycles. The summed E-state index contributed by atoms with van der Waals surface area (Å²) >= 11 is 0. The number of phenols is 1. The summed E-state index contributed by atoms with van der Waals surface area (Å²) in [5.41, 5.74) is 0.193. The van der Waals surface area contributed by atoms with Crippen LogP contribution in [0.25, 0.3) is 0 Å². The SMILES string of the molecule is Oc1cccc(C2(OCCF)OOC23C2CC4CC(C2)CC3C4)c1. The number of benzene rings is 1. The fraction of sp³-hybridized carbons (Fsp3) is 0.684. The van der Waals surface area contributed by atoms with E-state index < -0.39 is 18.1 Å². The predicted molar refractivity (Wildman–Crippen MR) is 83.7 cm³/mol. The summed E-state index contributed by atoms with van der Waals surface area (Å²) in [7, 11) is 0. The molecule has 1 aromatic carbocycles. The van der Waals surface area contributed by atoms with Gasteiger partial charge in [0.1, 0.15) is 12.4 Å². The summed E-state index contributed by atoms with van der Waals surface area (Å²) in [5, 5.41) is 9.93. The van der Waals surface area contributed by atoms with Gasteiger partial charge in [0.15, 0.2) is 5.60 Å². The van der Waals surface area contributed by atoms with E-state index in [9.17, 15) is 9.50 Å². The van der Waals surface area contributed by atoms with Crippen LogP contribution in [0.2, 0.25) is 0 Å². The number of hydrogen-bond acceptors (Lipinski definition) is 4. The molecule has 0 aromatic heterocycles. The third-order valence-electron chi connectivity index (χ3n) is 6.77. The molecule has 130 valence electrons. The molecule has 4 bridgehead atoms. The molecule has 6 rings (SSSR count). The molecule has 1 unspecified atom stereocenters. The van der Waals surface area contributed by atoms with E-state index in [1.54, 1.807) is 18.2 Å². The van der Waals surface area contributed by atoms with Crippen molar-refractivity contribution in [1.82, 2.24) is 0 Å². The van der Waals surface area contributed by atoms with Crippen molar-refractivity contribution in [3.63, 3.8) is 0 Å². The van der Waals surface area contributed by atoms with Gasteiger partial charge in [-0.05, 0) is 67.9 Å². The van der Waals surface area contributed by atoms with Crippen LogP contribution in [0.5, 0.6) is 5.75 Å². The Hall–Kier alpha value is -1.17. The lowest BCUT2D eigenvalue weighted by molar-refractivity contribution is -0.648. The van der Waals surface area contributed by atoms with Gasteiger partial charge in [-0.3, -0.25) is 0 Å². The van der Waals surface area contributed by atoms with Crippen LogP contribution in [0.3, 0.4) is 0 Å². The molecule has 1 heterocycles. The van der Waals surface area contributed by atoms with E-state index in [4.69, 9.17) is 14.5 Å². The zero-order chi connectivity index (χ0) is 16.4. The summed E-state index contributed by atoms with van der Waals surface area (Å²) in [6.45, 7) is -0.604.